The maximum Gasteiger partial charge on any atom is 0.262 e. The number of nitrogens with zero attached hydrogens (tertiary/aromatic N) is 3. The molecule has 0 saturated carbocycles. The van der Waals surface area contributed by atoms with Crippen LogP contribution in [0.1, 0.15) is 13.3 Å². The summed E-state index contributed by atoms with van der Waals surface area (Å²) in [4.78, 5) is 5.01. The summed E-state index contributed by atoms with van der Waals surface area (Å²) in [7, 11) is -3.62. The molecule has 0 aliphatic carbocycles. The lowest BCUT2D eigenvalue weighted by atomic mass is 10.1. The Morgan fingerprint density at radius 1 is 1.57 bits per heavy atom. The average Bonchev–Trinajstić information content (AvgIpc) is 3.13. The molecule has 2 aromatic heterocycles. The predicted octanol–water partition coefficient (Wildman–Crippen LogP) is 0.830. The van der Waals surface area contributed by atoms with Gasteiger partial charge < -0.3 is 10.4 Å². The number of thiazole rings is 1. The van der Waals surface area contributed by atoms with Crippen molar-refractivity contribution in [2.24, 2.45) is 5.92 Å². The molecule has 1 fully saturated rings. The van der Waals surface area contributed by atoms with E-state index in [9.17, 15) is 13.5 Å². The third-order valence-electron chi connectivity index (χ3n) is 3.65. The Bertz CT molecular complexity index is 737. The van der Waals surface area contributed by atoms with Crippen LogP contribution in [-0.4, -0.2) is 53.5 Å². The number of rotatable bonds is 5. The molecule has 1 saturated heterocycles. The highest BCUT2D eigenvalue weighted by molar-refractivity contribution is 7.89. The van der Waals surface area contributed by atoms with Crippen molar-refractivity contribution in [3.05, 3.63) is 11.6 Å². The van der Waals surface area contributed by atoms with Crippen LogP contribution < -0.4 is 5.32 Å². The monoisotopic (exact) mass is 330 g/mol. The van der Waals surface area contributed by atoms with E-state index in [2.05, 4.69) is 10.3 Å². The summed E-state index contributed by atoms with van der Waals surface area (Å²) in [5.74, 6) is 0.421. The number of nitrogens with one attached hydrogen (secondary N) is 1. The first-order chi connectivity index (χ1) is 10.1. The van der Waals surface area contributed by atoms with Crippen molar-refractivity contribution in [3.8, 4) is 0 Å². The summed E-state index contributed by atoms with van der Waals surface area (Å²) in [6.07, 6.45) is 2.41. The van der Waals surface area contributed by atoms with Gasteiger partial charge in [0, 0.05) is 37.8 Å². The number of aliphatic hydroxyl groups is 1. The Hall–Kier alpha value is -1.16. The fourth-order valence-corrected chi connectivity index (χ4v) is 5.11. The molecule has 3 heterocycles. The molecule has 21 heavy (non-hydrogen) atoms. The van der Waals surface area contributed by atoms with E-state index in [0.29, 0.717) is 36.8 Å². The van der Waals surface area contributed by atoms with Crippen molar-refractivity contribution in [3.63, 3.8) is 0 Å². The maximum absolute atomic E-state index is 12.9. The molecule has 0 aromatic carbocycles. The highest BCUT2D eigenvalue weighted by atomic mass is 32.2. The van der Waals surface area contributed by atoms with Gasteiger partial charge in [-0.1, -0.05) is 0 Å². The lowest BCUT2D eigenvalue weighted by molar-refractivity contribution is 0.233. The molecule has 116 valence electrons. The van der Waals surface area contributed by atoms with Crippen LogP contribution in [0.25, 0.3) is 4.96 Å². The van der Waals surface area contributed by atoms with E-state index >= 15 is 0 Å². The van der Waals surface area contributed by atoms with Gasteiger partial charge in [-0.3, -0.25) is 4.40 Å². The van der Waals surface area contributed by atoms with Crippen LogP contribution in [0, 0.1) is 5.92 Å². The van der Waals surface area contributed by atoms with Crippen LogP contribution in [0.15, 0.2) is 16.6 Å². The first-order valence-corrected chi connectivity index (χ1v) is 9.20. The topological polar surface area (TPSA) is 86.9 Å². The van der Waals surface area contributed by atoms with Crippen molar-refractivity contribution in [2.75, 3.05) is 31.6 Å². The quantitative estimate of drug-likeness (QED) is 0.848. The van der Waals surface area contributed by atoms with Gasteiger partial charge >= 0.3 is 0 Å². The molecule has 7 nitrogen and oxygen atoms in total. The number of imidazole rings is 1. The smallest absolute Gasteiger partial charge is 0.262 e. The Morgan fingerprint density at radius 2 is 2.38 bits per heavy atom. The zero-order valence-corrected chi connectivity index (χ0v) is 13.3. The number of sulfonamides is 1. The fourth-order valence-electron chi connectivity index (χ4n) is 2.58. The first-order valence-electron chi connectivity index (χ1n) is 6.88. The molecule has 0 bridgehead atoms. The molecular weight excluding hydrogens is 312 g/mol. The van der Waals surface area contributed by atoms with E-state index in [0.717, 1.165) is 0 Å². The molecule has 0 spiro atoms. The number of aromatic nitrogens is 2. The minimum absolute atomic E-state index is 0.0202. The van der Waals surface area contributed by atoms with Crippen LogP contribution in [0.3, 0.4) is 0 Å². The lowest BCUT2D eigenvalue weighted by Gasteiger charge is -2.16. The number of anilines is 1. The first kappa shape index (κ1) is 14.8. The SMILES string of the molecule is CCNc1nc2sccn2c1S(=O)(=O)N1CCC(CO)C1. The molecule has 9 heteroatoms. The molecule has 1 aliphatic heterocycles. The standard InChI is InChI=1S/C12H18N4O3S2/c1-2-13-10-11(16-5-6-20-12(16)14-10)21(18,19)15-4-3-9(7-15)8-17/h5-6,9,13,17H,2-4,7-8H2,1H3. The Balaban J connectivity index is 2.05. The van der Waals surface area contributed by atoms with Crippen molar-refractivity contribution < 1.29 is 13.5 Å². The second kappa shape index (κ2) is 5.56. The van der Waals surface area contributed by atoms with E-state index in [1.165, 1.54) is 15.6 Å². The number of hydrogen-bond acceptors (Lipinski definition) is 6. The van der Waals surface area contributed by atoms with Crippen LogP contribution in [0.4, 0.5) is 5.82 Å². The largest absolute Gasteiger partial charge is 0.396 e. The Morgan fingerprint density at radius 3 is 3.05 bits per heavy atom. The zero-order valence-electron chi connectivity index (χ0n) is 11.7. The van der Waals surface area contributed by atoms with E-state index in [4.69, 9.17) is 0 Å². The molecule has 1 aliphatic rings. The number of aliphatic hydroxyl groups excluding tert-OH is 1. The normalized spacial score (nSPS) is 20.4. The van der Waals surface area contributed by atoms with Gasteiger partial charge in [0.05, 0.1) is 0 Å². The molecule has 2 N–H and O–H groups in total. The molecule has 3 rings (SSSR count). The van der Waals surface area contributed by atoms with Crippen molar-refractivity contribution in [2.45, 2.75) is 18.4 Å². The minimum Gasteiger partial charge on any atom is -0.396 e. The average molecular weight is 330 g/mol. The maximum atomic E-state index is 12.9. The number of fused-ring (bicyclic) bond motifs is 1. The molecular formula is C12H18N4O3S2. The fraction of sp³-hybridized carbons (Fsp3) is 0.583. The Labute approximate surface area is 127 Å². The lowest BCUT2D eigenvalue weighted by Crippen LogP contribution is -2.30. The van der Waals surface area contributed by atoms with E-state index in [1.807, 2.05) is 12.3 Å². The van der Waals surface area contributed by atoms with Gasteiger partial charge in [-0.25, -0.2) is 13.4 Å². The summed E-state index contributed by atoms with van der Waals surface area (Å²) < 4.78 is 28.9. The van der Waals surface area contributed by atoms with E-state index < -0.39 is 10.0 Å². The van der Waals surface area contributed by atoms with Gasteiger partial charge in [-0.2, -0.15) is 4.31 Å². The van der Waals surface area contributed by atoms with Crippen LogP contribution in [-0.2, 0) is 10.0 Å². The van der Waals surface area contributed by atoms with Crippen molar-refractivity contribution in [1.82, 2.24) is 13.7 Å². The zero-order chi connectivity index (χ0) is 15.0. The summed E-state index contributed by atoms with van der Waals surface area (Å²) in [5, 5.41) is 14.2. The summed E-state index contributed by atoms with van der Waals surface area (Å²) in [6.45, 7) is 3.33. The Kier molecular flexibility index (Phi) is 3.91. The molecule has 0 amide bonds. The third-order valence-corrected chi connectivity index (χ3v) is 6.30. The van der Waals surface area contributed by atoms with Gasteiger partial charge in [0.25, 0.3) is 10.0 Å². The number of hydrogen-bond donors (Lipinski definition) is 2. The van der Waals surface area contributed by atoms with Crippen molar-refractivity contribution in [1.29, 1.82) is 0 Å². The summed E-state index contributed by atoms with van der Waals surface area (Å²) in [5.41, 5.74) is 0. The summed E-state index contributed by atoms with van der Waals surface area (Å²) >= 11 is 1.40. The van der Waals surface area contributed by atoms with Gasteiger partial charge in [0.15, 0.2) is 15.8 Å². The van der Waals surface area contributed by atoms with Gasteiger partial charge in [-0.05, 0) is 19.3 Å². The van der Waals surface area contributed by atoms with Crippen LogP contribution in [0.5, 0.6) is 0 Å². The van der Waals surface area contributed by atoms with Gasteiger partial charge in [-0.15, -0.1) is 11.3 Å². The second-order valence-electron chi connectivity index (χ2n) is 5.05. The van der Waals surface area contributed by atoms with Crippen LogP contribution >= 0.6 is 11.3 Å². The highest BCUT2D eigenvalue weighted by Gasteiger charge is 2.36. The third kappa shape index (κ3) is 2.44. The van der Waals surface area contributed by atoms with E-state index in [1.54, 1.807) is 10.6 Å². The minimum atomic E-state index is -3.62. The van der Waals surface area contributed by atoms with E-state index in [-0.39, 0.29) is 17.6 Å². The molecule has 1 atom stereocenters. The summed E-state index contributed by atoms with van der Waals surface area (Å²) in [6, 6.07) is 0. The highest BCUT2D eigenvalue weighted by Crippen LogP contribution is 2.31. The van der Waals surface area contributed by atoms with Crippen LogP contribution in [0.2, 0.25) is 0 Å². The van der Waals surface area contributed by atoms with Crippen molar-refractivity contribution >= 4 is 32.1 Å². The molecule has 1 unspecified atom stereocenters. The predicted molar refractivity (Wildman–Crippen MR) is 81.2 cm³/mol. The molecule has 2 aromatic rings. The van der Waals surface area contributed by atoms with Gasteiger partial charge in [0.1, 0.15) is 0 Å². The second-order valence-corrected chi connectivity index (χ2v) is 7.78. The molecule has 0 radical (unpaired) electrons. The van der Waals surface area contributed by atoms with Gasteiger partial charge in [0.2, 0.25) is 0 Å².